The van der Waals surface area contributed by atoms with Gasteiger partial charge in [0, 0.05) is 37.9 Å². The van der Waals surface area contributed by atoms with Gasteiger partial charge in [-0.25, -0.2) is 0 Å². The molecule has 3 aromatic rings. The minimum absolute atomic E-state index is 0. The molecule has 0 bridgehead atoms. The number of aliphatic imine (C=N–C) groups is 1. The highest BCUT2D eigenvalue weighted by atomic mass is 127. The molecule has 0 atom stereocenters. The topological polar surface area (TPSA) is 79.4 Å². The molecule has 0 aliphatic carbocycles. The van der Waals surface area contributed by atoms with Gasteiger partial charge >= 0.3 is 0 Å². The second kappa shape index (κ2) is 9.63. The molecule has 0 radical (unpaired) electrons. The van der Waals surface area contributed by atoms with Crippen molar-refractivity contribution in [2.45, 2.75) is 19.8 Å². The zero-order valence-electron chi connectivity index (χ0n) is 15.7. The van der Waals surface area contributed by atoms with Crippen LogP contribution in [0, 0.1) is 0 Å². The smallest absolute Gasteiger partial charge is 0.276 e. The number of hydrogen-bond acceptors (Lipinski definition) is 5. The van der Waals surface area contributed by atoms with Gasteiger partial charge in [0.1, 0.15) is 5.69 Å². The number of aromatic nitrogens is 3. The summed E-state index contributed by atoms with van der Waals surface area (Å²) in [6.45, 7) is 4.43. The summed E-state index contributed by atoms with van der Waals surface area (Å²) in [5.41, 5.74) is 3.28. The van der Waals surface area contributed by atoms with Crippen LogP contribution in [0.15, 0.2) is 58.2 Å². The van der Waals surface area contributed by atoms with E-state index in [1.165, 1.54) is 11.3 Å². The molecule has 3 heterocycles. The van der Waals surface area contributed by atoms with Gasteiger partial charge in [0.2, 0.25) is 0 Å². The normalized spacial score (nSPS) is 13.2. The third-order valence-corrected chi connectivity index (χ3v) is 4.43. The minimum Gasteiger partial charge on any atom is -0.356 e. The lowest BCUT2D eigenvalue weighted by Gasteiger charge is -2.22. The number of benzene rings is 1. The molecule has 1 N–H and O–H groups in total. The fraction of sp³-hybridized carbons (Fsp3) is 0.300. The second-order valence-corrected chi connectivity index (χ2v) is 6.25. The van der Waals surface area contributed by atoms with Crippen LogP contribution >= 0.6 is 24.0 Å². The maximum Gasteiger partial charge on any atom is 0.276 e. The van der Waals surface area contributed by atoms with Gasteiger partial charge in [-0.3, -0.25) is 9.98 Å². The molecule has 28 heavy (non-hydrogen) atoms. The molecule has 0 unspecified atom stereocenters. The fourth-order valence-electron chi connectivity index (χ4n) is 3.16. The number of fused-ring (bicyclic) bond motifs is 1. The van der Waals surface area contributed by atoms with Gasteiger partial charge < -0.3 is 14.7 Å². The molecule has 0 amide bonds. The zero-order valence-corrected chi connectivity index (χ0v) is 18.0. The molecule has 4 rings (SSSR count). The summed E-state index contributed by atoms with van der Waals surface area (Å²) in [4.78, 5) is 15.7. The predicted molar refractivity (Wildman–Crippen MR) is 120 cm³/mol. The lowest BCUT2D eigenvalue weighted by molar-refractivity contribution is 0.421. The van der Waals surface area contributed by atoms with Gasteiger partial charge in [0.15, 0.2) is 11.8 Å². The van der Waals surface area contributed by atoms with Crippen LogP contribution in [-0.2, 0) is 12.8 Å². The zero-order chi connectivity index (χ0) is 18.5. The summed E-state index contributed by atoms with van der Waals surface area (Å²) in [6, 6.07) is 14.1. The van der Waals surface area contributed by atoms with Crippen LogP contribution < -0.4 is 10.2 Å². The Kier molecular flexibility index (Phi) is 6.96. The van der Waals surface area contributed by atoms with Crippen LogP contribution in [0.4, 0.5) is 5.69 Å². The van der Waals surface area contributed by atoms with Crippen molar-refractivity contribution in [1.82, 2.24) is 20.4 Å². The van der Waals surface area contributed by atoms with Crippen molar-refractivity contribution in [2.75, 3.05) is 24.5 Å². The standard InChI is InChI=1S/C20H22N6O.HI/c1-2-21-20(26-14-11-15-7-3-4-9-17(15)26)23-13-10-18-24-19(27-25-18)16-8-5-6-12-22-16;/h3-9,12H,2,10-11,13-14H2,1H3,(H,21,23);1H. The third kappa shape index (κ3) is 4.49. The van der Waals surface area contributed by atoms with Crippen LogP contribution in [0.5, 0.6) is 0 Å². The maximum absolute atomic E-state index is 5.30. The summed E-state index contributed by atoms with van der Waals surface area (Å²) in [6.07, 6.45) is 3.36. The quantitative estimate of drug-likeness (QED) is 0.336. The van der Waals surface area contributed by atoms with Gasteiger partial charge in [0.05, 0.1) is 0 Å². The van der Waals surface area contributed by atoms with E-state index in [2.05, 4.69) is 56.5 Å². The van der Waals surface area contributed by atoms with Crippen molar-refractivity contribution in [3.63, 3.8) is 0 Å². The van der Waals surface area contributed by atoms with Crippen LogP contribution in [-0.4, -0.2) is 40.7 Å². The summed E-state index contributed by atoms with van der Waals surface area (Å²) in [5.74, 6) is 1.97. The van der Waals surface area contributed by atoms with E-state index >= 15 is 0 Å². The number of nitrogens with one attached hydrogen (secondary N) is 1. The first-order valence-corrected chi connectivity index (χ1v) is 9.23. The number of pyridine rings is 1. The number of hydrogen-bond donors (Lipinski definition) is 1. The van der Waals surface area contributed by atoms with Gasteiger partial charge in [-0.15, -0.1) is 24.0 Å². The monoisotopic (exact) mass is 490 g/mol. The van der Waals surface area contributed by atoms with Gasteiger partial charge in [-0.1, -0.05) is 29.4 Å². The molecule has 0 spiro atoms. The van der Waals surface area contributed by atoms with Crippen molar-refractivity contribution < 1.29 is 4.52 Å². The highest BCUT2D eigenvalue weighted by Gasteiger charge is 2.22. The first-order valence-electron chi connectivity index (χ1n) is 9.23. The van der Waals surface area contributed by atoms with E-state index in [0.29, 0.717) is 30.4 Å². The summed E-state index contributed by atoms with van der Waals surface area (Å²) < 4.78 is 5.30. The average Bonchev–Trinajstić information content (AvgIpc) is 3.35. The highest BCUT2D eigenvalue weighted by molar-refractivity contribution is 14.0. The van der Waals surface area contributed by atoms with Crippen molar-refractivity contribution in [2.24, 2.45) is 4.99 Å². The number of halogens is 1. The van der Waals surface area contributed by atoms with Gasteiger partial charge in [-0.2, -0.15) is 4.98 Å². The molecule has 1 aromatic carbocycles. The lowest BCUT2D eigenvalue weighted by atomic mass is 10.2. The van der Waals surface area contributed by atoms with Crippen LogP contribution in [0.2, 0.25) is 0 Å². The Hall–Kier alpha value is -2.49. The molecule has 7 nitrogen and oxygen atoms in total. The molecule has 146 valence electrons. The van der Waals surface area contributed by atoms with Crippen molar-refractivity contribution in [3.8, 4) is 11.6 Å². The van der Waals surface area contributed by atoms with E-state index in [1.54, 1.807) is 6.20 Å². The molecule has 1 aliphatic heterocycles. The van der Waals surface area contributed by atoms with E-state index in [9.17, 15) is 0 Å². The Morgan fingerprint density at radius 2 is 2.07 bits per heavy atom. The van der Waals surface area contributed by atoms with Crippen LogP contribution in [0.3, 0.4) is 0 Å². The van der Waals surface area contributed by atoms with Crippen LogP contribution in [0.1, 0.15) is 18.3 Å². The number of guanidine groups is 1. The molecule has 1 aliphatic rings. The number of nitrogens with zero attached hydrogens (tertiary/aromatic N) is 5. The molecule has 0 saturated carbocycles. The van der Waals surface area contributed by atoms with E-state index < -0.39 is 0 Å². The van der Waals surface area contributed by atoms with Gasteiger partial charge in [0.25, 0.3) is 5.89 Å². The fourth-order valence-corrected chi connectivity index (χ4v) is 3.16. The Morgan fingerprint density at radius 1 is 1.21 bits per heavy atom. The Labute approximate surface area is 181 Å². The number of rotatable bonds is 5. The van der Waals surface area contributed by atoms with Crippen molar-refractivity contribution in [3.05, 3.63) is 60.0 Å². The van der Waals surface area contributed by atoms with Gasteiger partial charge in [-0.05, 0) is 37.1 Å². The Bertz CT molecular complexity index is 927. The average molecular weight is 490 g/mol. The number of anilines is 1. The first-order chi connectivity index (χ1) is 13.3. The minimum atomic E-state index is 0. The molecule has 2 aromatic heterocycles. The predicted octanol–water partition coefficient (Wildman–Crippen LogP) is 3.32. The summed E-state index contributed by atoms with van der Waals surface area (Å²) in [5, 5.41) is 7.42. The Balaban J connectivity index is 0.00000225. The van der Waals surface area contributed by atoms with Crippen LogP contribution in [0.25, 0.3) is 11.6 Å². The van der Waals surface area contributed by atoms with E-state index in [-0.39, 0.29) is 24.0 Å². The molecule has 0 saturated heterocycles. The van der Waals surface area contributed by atoms with E-state index in [0.717, 1.165) is 25.5 Å². The SMILES string of the molecule is CCNC(=NCCc1noc(-c2ccccn2)n1)N1CCc2ccccc21.I. The molecule has 8 heteroatoms. The Morgan fingerprint density at radius 3 is 2.89 bits per heavy atom. The summed E-state index contributed by atoms with van der Waals surface area (Å²) >= 11 is 0. The summed E-state index contributed by atoms with van der Waals surface area (Å²) in [7, 11) is 0. The molecular formula is C20H23IN6O. The maximum atomic E-state index is 5.30. The van der Waals surface area contributed by atoms with E-state index in [4.69, 9.17) is 9.52 Å². The lowest BCUT2D eigenvalue weighted by Crippen LogP contribution is -2.40. The second-order valence-electron chi connectivity index (χ2n) is 6.25. The van der Waals surface area contributed by atoms with Crippen molar-refractivity contribution in [1.29, 1.82) is 0 Å². The third-order valence-electron chi connectivity index (χ3n) is 4.43. The highest BCUT2D eigenvalue weighted by Crippen LogP contribution is 2.27. The number of para-hydroxylation sites is 1. The van der Waals surface area contributed by atoms with Crippen molar-refractivity contribution >= 4 is 35.6 Å². The largest absolute Gasteiger partial charge is 0.356 e. The first kappa shape index (κ1) is 20.2. The molecule has 0 fully saturated rings. The van der Waals surface area contributed by atoms with E-state index in [1.807, 2.05) is 18.2 Å². The molecular weight excluding hydrogens is 467 g/mol.